The SMILES string of the molecule is C.C.C.CC[C@@H]1CC1(NC(=O)[C@@H]1C[C@@H](Oc2nc3ccccc3n2CC)CN1C(=O)[C@@H](Nc1cccc(C(F)(F)F)c1)C(C)(C)C)C(=O)O.CC[C@@H]1CC1(NC(=O)[C@@H]1C[C@@H](Oc2nc3ccccc3s2)CN1C(=O)[C@@H](Nc1cccc(C(F)(F)F)c1)C(C)(C)C)C(=O)O.CC[C@@H]1C[C@]1(NC(=O)[C@@H]1C[C@@H](Oc2cc(-c3ccccc3)nc3cc(OC)ccc23)CN1C(=O)[C@@H](Nc1cccc(C(F)(F)F)c1)C(C)(C)C)C(=O)O. The number of alkyl halides is 9. The molecule has 3 aromatic heterocycles. The van der Waals surface area contributed by atoms with E-state index in [1.54, 1.807) is 87.6 Å². The van der Waals surface area contributed by atoms with E-state index in [-0.39, 0.29) is 109 Å². The van der Waals surface area contributed by atoms with Gasteiger partial charge in [-0.3, -0.25) is 33.3 Å². The van der Waals surface area contributed by atoms with E-state index in [2.05, 4.69) is 41.9 Å². The molecule has 0 bridgehead atoms. The number of carboxylic acids is 3. The third kappa shape index (κ3) is 24.7. The fourth-order valence-electron chi connectivity index (χ4n) is 19.2. The van der Waals surface area contributed by atoms with Crippen LogP contribution in [0.15, 0.2) is 176 Å². The summed E-state index contributed by atoms with van der Waals surface area (Å²) in [6.45, 7) is 23.9. The number of hydrogen-bond donors (Lipinski definition) is 9. The van der Waals surface area contributed by atoms with E-state index in [1.165, 1.54) is 62.4 Å². The van der Waals surface area contributed by atoms with Gasteiger partial charge in [0.1, 0.15) is 82.7 Å². The zero-order valence-corrected chi connectivity index (χ0v) is 82.3. The molecule has 146 heavy (non-hydrogen) atoms. The molecule has 6 amide bonds. The lowest BCUT2D eigenvalue weighted by molar-refractivity contribution is -0.146. The van der Waals surface area contributed by atoms with Crippen LogP contribution < -0.4 is 50.8 Å². The average molecular weight is 2060 g/mol. The van der Waals surface area contributed by atoms with Crippen molar-refractivity contribution in [1.29, 1.82) is 0 Å². The second-order valence-electron chi connectivity index (χ2n) is 40.6. The number of aromatic nitrogens is 4. The number of para-hydroxylation sites is 3. The molecule has 9 N–H and O–H groups in total. The number of ether oxygens (including phenoxy) is 4. The van der Waals surface area contributed by atoms with Crippen molar-refractivity contribution in [1.82, 2.24) is 50.2 Å². The second-order valence-corrected chi connectivity index (χ2v) is 41.6. The minimum Gasteiger partial charge on any atom is -0.497 e. The van der Waals surface area contributed by atoms with Crippen LogP contribution in [0.1, 0.15) is 187 Å². The van der Waals surface area contributed by atoms with E-state index in [4.69, 9.17) is 23.9 Å². The molecule has 15 atom stereocenters. The van der Waals surface area contributed by atoms with E-state index in [9.17, 15) is 98.0 Å². The smallest absolute Gasteiger partial charge is 0.416 e. The topological polar surface area (TPSA) is 377 Å². The Morgan fingerprint density at radius 3 is 1.17 bits per heavy atom. The van der Waals surface area contributed by atoms with Gasteiger partial charge in [0.2, 0.25) is 35.4 Å². The fraction of sp³-hybridized carbons (Fsp3) is 0.477. The Morgan fingerprint density at radius 2 is 0.808 bits per heavy atom. The highest BCUT2D eigenvalue weighted by atomic mass is 32.1. The zero-order chi connectivity index (χ0) is 104. The molecule has 3 aliphatic carbocycles. The summed E-state index contributed by atoms with van der Waals surface area (Å²) in [7, 11) is 1.56. The molecule has 6 aliphatic rings. The number of aliphatic carboxylic acids is 3. The summed E-state index contributed by atoms with van der Waals surface area (Å²) in [5, 5.41) is 48.2. The van der Waals surface area contributed by atoms with Gasteiger partial charge in [-0.15, -0.1) is 0 Å². The first-order chi connectivity index (χ1) is 67.2. The highest BCUT2D eigenvalue weighted by molar-refractivity contribution is 7.20. The van der Waals surface area contributed by atoms with Crippen molar-refractivity contribution in [3.63, 3.8) is 0 Å². The number of carbonyl (C=O) groups is 9. The second kappa shape index (κ2) is 44.0. The van der Waals surface area contributed by atoms with Gasteiger partial charge >= 0.3 is 36.4 Å². The standard InChI is InChI=1S/C40H43F3N4O6.C33H40F3N5O5.C31H35F3N4O5S.3CH4/c1-6-24-21-39(24,37(50)51)46-35(48)32-19-28(22-47(32)36(49)34(38(2,3)4)44-26-14-10-13-25(17-26)40(41,42)43)53-33-20-30(23-11-8-7-9-12-23)45-31-18-27(52-5)15-16-29(31)33;1-6-19-17-32(19,29(44)45)39-27(42)25-16-22(46-30-38-23-13-8-9-14-24(23)40(30)7-2)18-41(25)28(43)26(31(3,4)5)37-21-12-10-11-20(15-21)33(34,35)36;1-5-17-15-30(17,27(41)42)37-25(39)22-14-20(43-28-36-21-11-6-7-12-23(21)44-28)16-38(22)26(40)24(29(2,3)4)35-19-10-8-9-18(13-19)31(32,33)34;;;/h7-18,20,24,28,32,34,44H,6,19,21-22H2,1-5H3,(H,46,48)(H,50,51);8-15,19,22,25-26,37H,6-7,16-18H2,1-5H3,(H,39,42)(H,44,45);6-13,17,20,22,24,35H,5,14-16H2,1-4H3,(H,37,39)(H,41,42);3*1H4/t24-,28-,32+,34-,39-;19-,22-,25+,26-,32?;17-,20-,22+,24-,30?;;;/m111.../s1. The first-order valence-electron chi connectivity index (χ1n) is 47.5. The molecule has 39 heteroatoms. The van der Waals surface area contributed by atoms with Gasteiger partial charge in [-0.05, 0) is 151 Å². The molecule has 16 rings (SSSR count). The van der Waals surface area contributed by atoms with Gasteiger partial charge in [0.25, 0.3) is 11.2 Å². The van der Waals surface area contributed by atoms with E-state index in [0.29, 0.717) is 71.5 Å². The number of benzene rings is 7. The molecule has 6 heterocycles. The molecule has 7 aromatic carbocycles. The van der Waals surface area contributed by atoms with Crippen molar-refractivity contribution < 1.29 is 117 Å². The van der Waals surface area contributed by atoms with Crippen LogP contribution in [0.2, 0.25) is 0 Å². The molecule has 0 spiro atoms. The normalized spacial score (nSPS) is 22.7. The fourth-order valence-corrected chi connectivity index (χ4v) is 20.1. The first kappa shape index (κ1) is 113. The summed E-state index contributed by atoms with van der Waals surface area (Å²) in [5.74, 6) is -6.52. The van der Waals surface area contributed by atoms with Crippen LogP contribution in [-0.4, -0.2) is 201 Å². The number of carboxylic acid groups (broad SMARTS) is 3. The molecule has 10 aromatic rings. The summed E-state index contributed by atoms with van der Waals surface area (Å²) in [4.78, 5) is 140. The summed E-state index contributed by atoms with van der Waals surface area (Å²) < 4.78 is 149. The van der Waals surface area contributed by atoms with Gasteiger partial charge in [-0.25, -0.2) is 24.4 Å². The van der Waals surface area contributed by atoms with Crippen molar-refractivity contribution in [2.45, 2.75) is 266 Å². The highest BCUT2D eigenvalue weighted by Gasteiger charge is 2.65. The van der Waals surface area contributed by atoms with Crippen LogP contribution in [0.5, 0.6) is 22.7 Å². The number of anilines is 3. The van der Waals surface area contributed by atoms with E-state index >= 15 is 0 Å². The predicted molar refractivity (Wildman–Crippen MR) is 538 cm³/mol. The summed E-state index contributed by atoms with van der Waals surface area (Å²) in [6.07, 6.45) is -13.1. The molecule has 3 saturated heterocycles. The number of carbonyl (C=O) groups excluding carboxylic acids is 6. The number of halogens is 9. The molecule has 29 nitrogen and oxygen atoms in total. The maximum Gasteiger partial charge on any atom is 0.416 e. The van der Waals surface area contributed by atoms with Crippen LogP contribution >= 0.6 is 11.3 Å². The first-order valence-corrected chi connectivity index (χ1v) is 48.3. The van der Waals surface area contributed by atoms with Crippen molar-refractivity contribution in [2.75, 3.05) is 42.7 Å². The van der Waals surface area contributed by atoms with Crippen molar-refractivity contribution >= 4 is 114 Å². The van der Waals surface area contributed by atoms with Crippen molar-refractivity contribution in [2.24, 2.45) is 34.0 Å². The lowest BCUT2D eigenvalue weighted by Gasteiger charge is -2.36. The molecule has 788 valence electrons. The Bertz CT molecular complexity index is 6390. The molecular weight excluding hydrogens is 1930 g/mol. The zero-order valence-electron chi connectivity index (χ0n) is 81.5. The number of amides is 6. The number of imidazole rings is 1. The molecular formula is C107H130F9N13O16S. The molecule has 3 aliphatic heterocycles. The van der Waals surface area contributed by atoms with Gasteiger partial charge in [-0.2, -0.15) is 44.5 Å². The number of pyridine rings is 1. The van der Waals surface area contributed by atoms with Crippen LogP contribution in [0.25, 0.3) is 43.4 Å². The Morgan fingerprint density at radius 1 is 0.432 bits per heavy atom. The summed E-state index contributed by atoms with van der Waals surface area (Å²) in [6, 6.07) is 39.4. The van der Waals surface area contributed by atoms with Crippen LogP contribution in [-0.2, 0) is 68.2 Å². The Kier molecular flexibility index (Phi) is 34.0. The van der Waals surface area contributed by atoms with Crippen LogP contribution in [0.4, 0.5) is 56.6 Å². The monoisotopic (exact) mass is 2060 g/mol. The van der Waals surface area contributed by atoms with Crippen molar-refractivity contribution in [3.8, 4) is 34.0 Å². The van der Waals surface area contributed by atoms with E-state index in [1.807, 2.05) is 117 Å². The van der Waals surface area contributed by atoms with E-state index in [0.717, 1.165) is 63.2 Å². The number of hydrogen-bond acceptors (Lipinski definition) is 20. The molecule has 2 unspecified atom stereocenters. The number of nitrogens with zero attached hydrogens (tertiary/aromatic N) is 7. The van der Waals surface area contributed by atoms with Gasteiger partial charge in [0.15, 0.2) is 0 Å². The largest absolute Gasteiger partial charge is 0.497 e. The maximum absolute atomic E-state index is 14.6. The van der Waals surface area contributed by atoms with Crippen LogP contribution in [0, 0.1) is 34.0 Å². The minimum atomic E-state index is -4.59. The number of thiazole rings is 1. The van der Waals surface area contributed by atoms with Gasteiger partial charge < -0.3 is 80.9 Å². The number of aryl methyl sites for hydroxylation is 1. The van der Waals surface area contributed by atoms with Crippen molar-refractivity contribution in [3.05, 3.63) is 193 Å². The maximum atomic E-state index is 14.6. The third-order valence-corrected chi connectivity index (χ3v) is 28.4. The van der Waals surface area contributed by atoms with Gasteiger partial charge in [-0.1, -0.05) is 209 Å². The van der Waals surface area contributed by atoms with Gasteiger partial charge in [0, 0.05) is 66.0 Å². The Balaban J connectivity index is 0.000000207. The number of methoxy groups -OCH3 is 1. The third-order valence-electron chi connectivity index (χ3n) is 27.5. The average Bonchev–Trinajstić information content (AvgIpc) is 1.59. The predicted octanol–water partition coefficient (Wildman–Crippen LogP) is 20.0. The van der Waals surface area contributed by atoms with Gasteiger partial charge in [0.05, 0.1) is 75.9 Å². The number of rotatable bonds is 30. The van der Waals surface area contributed by atoms with E-state index < -0.39 is 176 Å². The lowest BCUT2D eigenvalue weighted by atomic mass is 9.85. The summed E-state index contributed by atoms with van der Waals surface area (Å²) in [5.41, 5.74) is -4.58. The van der Waals surface area contributed by atoms with Crippen LogP contribution in [0.3, 0.4) is 0 Å². The molecule has 3 saturated carbocycles. The highest BCUT2D eigenvalue weighted by Crippen LogP contribution is 2.51. The minimum absolute atomic E-state index is 0. The molecule has 0 radical (unpaired) electrons. The number of fused-ring (bicyclic) bond motifs is 3. The quantitative estimate of drug-likeness (QED) is 0.0189. The Labute approximate surface area is 846 Å². The lowest BCUT2D eigenvalue weighted by Crippen LogP contribution is -2.56. The number of likely N-dealkylation sites (tertiary alicyclic amines) is 3. The number of nitrogens with one attached hydrogen (secondary N) is 6. The Hall–Kier alpha value is -13.5. The summed E-state index contributed by atoms with van der Waals surface area (Å²) >= 11 is 1.33. The molecule has 6 fully saturated rings.